The maximum atomic E-state index is 13.6. The van der Waals surface area contributed by atoms with Gasteiger partial charge in [-0.25, -0.2) is 16.8 Å². The second kappa shape index (κ2) is 5.06. The normalized spacial score (nSPS) is 11.7. The van der Waals surface area contributed by atoms with Crippen LogP contribution in [0.15, 0.2) is 53.6 Å². The SMILES string of the molecule is Cc1ccc(S(=O)(=O)n2ccc3c(C=O)cc(F)cc32)cc1. The molecule has 2 aromatic carbocycles. The Morgan fingerprint density at radius 3 is 2.41 bits per heavy atom. The molecule has 4 nitrogen and oxygen atoms in total. The number of aryl methyl sites for hydroxylation is 1. The molecule has 0 amide bonds. The Labute approximate surface area is 126 Å². The van der Waals surface area contributed by atoms with Crippen LogP contribution in [0.25, 0.3) is 10.9 Å². The minimum atomic E-state index is -3.85. The van der Waals surface area contributed by atoms with E-state index >= 15 is 0 Å². The van der Waals surface area contributed by atoms with E-state index in [9.17, 15) is 17.6 Å². The van der Waals surface area contributed by atoms with Gasteiger partial charge in [-0.2, -0.15) is 0 Å². The van der Waals surface area contributed by atoms with Crippen molar-refractivity contribution in [1.82, 2.24) is 3.97 Å². The molecule has 0 spiro atoms. The lowest BCUT2D eigenvalue weighted by molar-refractivity contribution is 0.112. The number of hydrogen-bond donors (Lipinski definition) is 0. The predicted octanol–water partition coefficient (Wildman–Crippen LogP) is 3.14. The molecule has 0 saturated heterocycles. The summed E-state index contributed by atoms with van der Waals surface area (Å²) in [5.74, 6) is -0.659. The molecule has 112 valence electrons. The zero-order chi connectivity index (χ0) is 15.9. The van der Waals surface area contributed by atoms with E-state index in [0.717, 1.165) is 21.7 Å². The fourth-order valence-electron chi connectivity index (χ4n) is 2.34. The van der Waals surface area contributed by atoms with Gasteiger partial charge >= 0.3 is 0 Å². The van der Waals surface area contributed by atoms with Gasteiger partial charge < -0.3 is 0 Å². The van der Waals surface area contributed by atoms with Gasteiger partial charge in [0.25, 0.3) is 10.0 Å². The molecule has 6 heteroatoms. The van der Waals surface area contributed by atoms with Crippen LogP contribution in [0.3, 0.4) is 0 Å². The Hall–Kier alpha value is -2.47. The van der Waals surface area contributed by atoms with E-state index in [-0.39, 0.29) is 16.0 Å². The third-order valence-electron chi connectivity index (χ3n) is 3.47. The van der Waals surface area contributed by atoms with Crippen LogP contribution < -0.4 is 0 Å². The lowest BCUT2D eigenvalue weighted by atomic mass is 10.1. The minimum Gasteiger partial charge on any atom is -0.298 e. The average molecular weight is 317 g/mol. The summed E-state index contributed by atoms with van der Waals surface area (Å²) < 4.78 is 40.0. The zero-order valence-electron chi connectivity index (χ0n) is 11.7. The number of fused-ring (bicyclic) bond motifs is 1. The van der Waals surface area contributed by atoms with Crippen LogP contribution in [-0.2, 0) is 10.0 Å². The van der Waals surface area contributed by atoms with Crippen LogP contribution in [-0.4, -0.2) is 18.7 Å². The number of aromatic nitrogens is 1. The molecule has 0 bridgehead atoms. The number of aldehydes is 1. The Kier molecular flexibility index (Phi) is 3.33. The maximum Gasteiger partial charge on any atom is 0.268 e. The minimum absolute atomic E-state index is 0.104. The molecule has 0 N–H and O–H groups in total. The van der Waals surface area contributed by atoms with Crippen molar-refractivity contribution in [3.05, 3.63) is 65.6 Å². The first-order chi connectivity index (χ1) is 10.4. The third-order valence-corrected chi connectivity index (χ3v) is 5.18. The van der Waals surface area contributed by atoms with Gasteiger partial charge in [-0.1, -0.05) is 17.7 Å². The molecule has 3 rings (SSSR count). The summed E-state index contributed by atoms with van der Waals surface area (Å²) in [4.78, 5) is 11.1. The predicted molar refractivity (Wildman–Crippen MR) is 81.0 cm³/mol. The van der Waals surface area contributed by atoms with Crippen LogP contribution in [0, 0.1) is 12.7 Å². The van der Waals surface area contributed by atoms with Crippen molar-refractivity contribution in [3.63, 3.8) is 0 Å². The summed E-state index contributed by atoms with van der Waals surface area (Å²) >= 11 is 0. The summed E-state index contributed by atoms with van der Waals surface area (Å²) in [6.45, 7) is 1.85. The molecule has 0 aliphatic carbocycles. The average Bonchev–Trinajstić information content (AvgIpc) is 2.91. The van der Waals surface area contributed by atoms with Crippen LogP contribution in [0.4, 0.5) is 4.39 Å². The fraction of sp³-hybridized carbons (Fsp3) is 0.0625. The summed E-state index contributed by atoms with van der Waals surface area (Å²) in [5, 5.41) is 0.395. The molecule has 1 aromatic heterocycles. The highest BCUT2D eigenvalue weighted by molar-refractivity contribution is 7.90. The molecule has 0 radical (unpaired) electrons. The highest BCUT2D eigenvalue weighted by atomic mass is 32.2. The smallest absolute Gasteiger partial charge is 0.268 e. The van der Waals surface area contributed by atoms with Crippen molar-refractivity contribution in [2.45, 2.75) is 11.8 Å². The number of rotatable bonds is 3. The Bertz CT molecular complexity index is 973. The quantitative estimate of drug-likeness (QED) is 0.697. The Morgan fingerprint density at radius 2 is 1.77 bits per heavy atom. The van der Waals surface area contributed by atoms with E-state index in [2.05, 4.69) is 0 Å². The molecular weight excluding hydrogens is 305 g/mol. The van der Waals surface area contributed by atoms with Crippen molar-refractivity contribution < 1.29 is 17.6 Å². The first-order valence-corrected chi connectivity index (χ1v) is 7.95. The number of carbonyl (C=O) groups excluding carboxylic acids is 1. The number of nitrogens with zero attached hydrogens (tertiary/aromatic N) is 1. The van der Waals surface area contributed by atoms with Crippen molar-refractivity contribution in [2.24, 2.45) is 0 Å². The molecule has 0 aliphatic heterocycles. The molecule has 1 heterocycles. The molecule has 3 aromatic rings. The standard InChI is InChI=1S/C16H12FNO3S/c1-11-2-4-14(5-3-11)22(20,21)18-7-6-15-12(10-19)8-13(17)9-16(15)18/h2-10H,1H3. The first-order valence-electron chi connectivity index (χ1n) is 6.51. The van der Waals surface area contributed by atoms with Crippen LogP contribution in [0.2, 0.25) is 0 Å². The molecule has 0 atom stereocenters. The molecule has 0 saturated carbocycles. The van der Waals surface area contributed by atoms with Gasteiger partial charge in [0.05, 0.1) is 10.4 Å². The molecule has 0 fully saturated rings. The summed E-state index contributed by atoms with van der Waals surface area (Å²) in [5.41, 5.74) is 1.20. The van der Waals surface area contributed by atoms with Crippen LogP contribution >= 0.6 is 0 Å². The highest BCUT2D eigenvalue weighted by Gasteiger charge is 2.20. The van der Waals surface area contributed by atoms with Gasteiger partial charge in [0.15, 0.2) is 6.29 Å². The molecule has 0 aliphatic rings. The fourth-order valence-corrected chi connectivity index (χ4v) is 3.68. The zero-order valence-corrected chi connectivity index (χ0v) is 12.5. The van der Waals surface area contributed by atoms with Crippen molar-refractivity contribution >= 4 is 27.2 Å². The van der Waals surface area contributed by atoms with E-state index in [1.807, 2.05) is 6.92 Å². The second-order valence-electron chi connectivity index (χ2n) is 4.98. The van der Waals surface area contributed by atoms with Crippen LogP contribution in [0.1, 0.15) is 15.9 Å². The molecule has 0 unspecified atom stereocenters. The second-order valence-corrected chi connectivity index (χ2v) is 6.79. The summed E-state index contributed by atoms with van der Waals surface area (Å²) in [7, 11) is -3.85. The topological polar surface area (TPSA) is 56.1 Å². The van der Waals surface area contributed by atoms with Crippen molar-refractivity contribution in [1.29, 1.82) is 0 Å². The highest BCUT2D eigenvalue weighted by Crippen LogP contribution is 2.25. The Morgan fingerprint density at radius 1 is 1.09 bits per heavy atom. The van der Waals surface area contributed by atoms with Gasteiger partial charge in [-0.15, -0.1) is 0 Å². The Balaban J connectivity index is 2.28. The van der Waals surface area contributed by atoms with E-state index in [1.54, 1.807) is 12.1 Å². The number of halogens is 1. The number of hydrogen-bond acceptors (Lipinski definition) is 3. The van der Waals surface area contributed by atoms with E-state index < -0.39 is 15.8 Å². The maximum absolute atomic E-state index is 13.6. The van der Waals surface area contributed by atoms with Crippen LogP contribution in [0.5, 0.6) is 0 Å². The van der Waals surface area contributed by atoms with E-state index in [1.165, 1.54) is 24.4 Å². The lowest BCUT2D eigenvalue weighted by Gasteiger charge is -2.08. The summed E-state index contributed by atoms with van der Waals surface area (Å²) in [6.07, 6.45) is 1.83. The van der Waals surface area contributed by atoms with Gasteiger partial charge in [-0.3, -0.25) is 4.79 Å². The van der Waals surface area contributed by atoms with Gasteiger partial charge in [0.1, 0.15) is 5.82 Å². The molecular formula is C16H12FNO3S. The van der Waals surface area contributed by atoms with E-state index in [4.69, 9.17) is 0 Å². The largest absolute Gasteiger partial charge is 0.298 e. The number of benzene rings is 2. The van der Waals surface area contributed by atoms with Gasteiger partial charge in [-0.05, 0) is 37.3 Å². The van der Waals surface area contributed by atoms with Crippen molar-refractivity contribution in [3.8, 4) is 0 Å². The first kappa shape index (κ1) is 14.5. The van der Waals surface area contributed by atoms with Gasteiger partial charge in [0, 0.05) is 17.1 Å². The number of carbonyl (C=O) groups is 1. The van der Waals surface area contributed by atoms with Crippen molar-refractivity contribution in [2.75, 3.05) is 0 Å². The third kappa shape index (κ3) is 2.21. The van der Waals surface area contributed by atoms with Gasteiger partial charge in [0.2, 0.25) is 0 Å². The van der Waals surface area contributed by atoms with E-state index in [0.29, 0.717) is 11.7 Å². The lowest BCUT2D eigenvalue weighted by Crippen LogP contribution is -2.12. The monoisotopic (exact) mass is 317 g/mol. The molecule has 22 heavy (non-hydrogen) atoms. The summed E-state index contributed by atoms with van der Waals surface area (Å²) in [6, 6.07) is 10.1.